The van der Waals surface area contributed by atoms with Gasteiger partial charge in [-0.1, -0.05) is 97.1 Å². The van der Waals surface area contributed by atoms with Crippen LogP contribution >= 0.6 is 0 Å². The van der Waals surface area contributed by atoms with E-state index in [0.717, 1.165) is 45.0 Å². The molecule has 0 radical (unpaired) electrons. The molecule has 184 valence electrons. The summed E-state index contributed by atoms with van der Waals surface area (Å²) in [5, 5.41) is 0. The third kappa shape index (κ3) is 4.48. The Morgan fingerprint density at radius 1 is 0.500 bits per heavy atom. The fraction of sp³-hybridized carbons (Fsp3) is 0.0588. The van der Waals surface area contributed by atoms with Crippen LogP contribution in [0.4, 0.5) is 0 Å². The maximum atomic E-state index is 4.86. The van der Waals surface area contributed by atoms with E-state index in [1.807, 2.05) is 48.5 Å². The maximum absolute atomic E-state index is 4.86. The van der Waals surface area contributed by atoms with Gasteiger partial charge in [0.05, 0.1) is 22.1 Å². The average molecular weight is 493 g/mol. The molecule has 0 N–H and O–H groups in total. The molecule has 2 aromatic heterocycles. The van der Waals surface area contributed by atoms with E-state index in [1.54, 1.807) is 0 Å². The topological polar surface area (TPSA) is 35.6 Å². The highest BCUT2D eigenvalue weighted by Crippen LogP contribution is 2.29. The number of hydrogen-bond donors (Lipinski definition) is 0. The van der Waals surface area contributed by atoms with Gasteiger partial charge in [-0.15, -0.1) is 0 Å². The summed E-state index contributed by atoms with van der Waals surface area (Å²) in [6.45, 7) is 2.12. The van der Waals surface area contributed by atoms with Crippen molar-refractivity contribution in [2.24, 2.45) is 7.05 Å². The Hall–Kier alpha value is -4.96. The smallest absolute Gasteiger partial charge is 0.145 e. The molecular weight excluding hydrogens is 464 g/mol. The summed E-state index contributed by atoms with van der Waals surface area (Å²) in [5.41, 5.74) is 9.03. The Balaban J connectivity index is 0.000000146. The standard InChI is InChI=1S/C20H16N2.C14H12N2/c1-15-12-13-18-19(14-15)22(17-10-6-3-7-11-17)20(21-18)16-8-4-2-5-9-16;1-16-13-10-6-5-9-12(13)15-14(16)11-7-3-2-4-8-11/h2-14H,1H3;2-10H,1H3. The van der Waals surface area contributed by atoms with Gasteiger partial charge in [-0.2, -0.15) is 0 Å². The molecule has 5 aromatic carbocycles. The van der Waals surface area contributed by atoms with Crippen molar-refractivity contribution >= 4 is 22.1 Å². The van der Waals surface area contributed by atoms with Crippen molar-refractivity contribution in [1.29, 1.82) is 0 Å². The van der Waals surface area contributed by atoms with Crippen LogP contribution in [-0.2, 0) is 7.05 Å². The minimum atomic E-state index is 0.979. The van der Waals surface area contributed by atoms with Gasteiger partial charge in [0.1, 0.15) is 11.6 Å². The first kappa shape index (κ1) is 23.4. The zero-order chi connectivity index (χ0) is 25.9. The van der Waals surface area contributed by atoms with Gasteiger partial charge in [0, 0.05) is 23.9 Å². The zero-order valence-electron chi connectivity index (χ0n) is 21.5. The second-order valence-electron chi connectivity index (χ2n) is 9.31. The van der Waals surface area contributed by atoms with Gasteiger partial charge in [0.2, 0.25) is 0 Å². The molecular formula is C34H28N4. The summed E-state index contributed by atoms with van der Waals surface area (Å²) in [4.78, 5) is 9.51. The highest BCUT2D eigenvalue weighted by molar-refractivity contribution is 5.84. The number of nitrogens with zero attached hydrogens (tertiary/aromatic N) is 4. The highest BCUT2D eigenvalue weighted by atomic mass is 15.1. The molecule has 0 unspecified atom stereocenters. The molecule has 0 bridgehead atoms. The predicted molar refractivity (Wildman–Crippen MR) is 157 cm³/mol. The average Bonchev–Trinajstić information content (AvgIpc) is 3.52. The van der Waals surface area contributed by atoms with Crippen LogP contribution in [0.15, 0.2) is 133 Å². The number of aromatic nitrogens is 4. The molecule has 0 aliphatic heterocycles. The molecule has 0 saturated carbocycles. The lowest BCUT2D eigenvalue weighted by Crippen LogP contribution is -1.97. The van der Waals surface area contributed by atoms with E-state index in [0.29, 0.717) is 0 Å². The van der Waals surface area contributed by atoms with Crippen molar-refractivity contribution in [1.82, 2.24) is 19.1 Å². The highest BCUT2D eigenvalue weighted by Gasteiger charge is 2.14. The summed E-state index contributed by atoms with van der Waals surface area (Å²) in [5.74, 6) is 1.99. The number of para-hydroxylation sites is 3. The van der Waals surface area contributed by atoms with Gasteiger partial charge in [0.25, 0.3) is 0 Å². The third-order valence-corrected chi connectivity index (χ3v) is 6.68. The lowest BCUT2D eigenvalue weighted by molar-refractivity contribution is 0.959. The van der Waals surface area contributed by atoms with Crippen molar-refractivity contribution in [2.45, 2.75) is 6.92 Å². The molecule has 2 heterocycles. The molecule has 0 aliphatic carbocycles. The van der Waals surface area contributed by atoms with Crippen LogP contribution < -0.4 is 0 Å². The molecule has 0 saturated heterocycles. The maximum Gasteiger partial charge on any atom is 0.145 e. The van der Waals surface area contributed by atoms with Gasteiger partial charge in [-0.3, -0.25) is 4.57 Å². The summed E-state index contributed by atoms with van der Waals surface area (Å²) in [6, 6.07) is 45.6. The Labute approximate surface area is 222 Å². The molecule has 0 amide bonds. The molecule has 4 nitrogen and oxygen atoms in total. The van der Waals surface area contributed by atoms with Crippen LogP contribution in [0.25, 0.3) is 50.5 Å². The summed E-state index contributed by atoms with van der Waals surface area (Å²) >= 11 is 0. The number of benzene rings is 5. The number of rotatable bonds is 3. The second-order valence-corrected chi connectivity index (χ2v) is 9.31. The zero-order valence-corrected chi connectivity index (χ0v) is 21.5. The lowest BCUT2D eigenvalue weighted by Gasteiger charge is -2.09. The Bertz CT molecular complexity index is 1820. The number of aryl methyl sites for hydroxylation is 2. The first-order chi connectivity index (χ1) is 18.7. The van der Waals surface area contributed by atoms with Crippen LogP contribution in [-0.4, -0.2) is 19.1 Å². The molecule has 4 heteroatoms. The first-order valence-electron chi connectivity index (χ1n) is 12.8. The van der Waals surface area contributed by atoms with E-state index < -0.39 is 0 Å². The van der Waals surface area contributed by atoms with Crippen LogP contribution in [0.5, 0.6) is 0 Å². The molecule has 7 aromatic rings. The normalized spacial score (nSPS) is 10.9. The van der Waals surface area contributed by atoms with Crippen molar-refractivity contribution < 1.29 is 0 Å². The van der Waals surface area contributed by atoms with Crippen molar-refractivity contribution in [2.75, 3.05) is 0 Å². The van der Waals surface area contributed by atoms with Crippen LogP contribution in [0.1, 0.15) is 5.56 Å². The van der Waals surface area contributed by atoms with Crippen molar-refractivity contribution in [3.63, 3.8) is 0 Å². The van der Waals surface area contributed by atoms with Crippen LogP contribution in [0.3, 0.4) is 0 Å². The number of fused-ring (bicyclic) bond motifs is 2. The minimum Gasteiger partial charge on any atom is -0.327 e. The summed E-state index contributed by atoms with van der Waals surface area (Å²) < 4.78 is 4.36. The summed E-state index contributed by atoms with van der Waals surface area (Å²) in [7, 11) is 2.05. The minimum absolute atomic E-state index is 0.979. The second kappa shape index (κ2) is 10.2. The van der Waals surface area contributed by atoms with Crippen molar-refractivity contribution in [3.05, 3.63) is 139 Å². The van der Waals surface area contributed by atoms with E-state index in [2.05, 4.69) is 113 Å². The SMILES string of the molecule is Cc1ccc2nc(-c3ccccc3)n(-c3ccccc3)c2c1.Cn1c(-c2ccccc2)nc2ccccc21. The van der Waals surface area contributed by atoms with E-state index in [1.165, 1.54) is 11.1 Å². The van der Waals surface area contributed by atoms with Gasteiger partial charge < -0.3 is 4.57 Å². The van der Waals surface area contributed by atoms with E-state index in [9.17, 15) is 0 Å². The predicted octanol–water partition coefficient (Wildman–Crippen LogP) is 8.24. The van der Waals surface area contributed by atoms with Gasteiger partial charge in [-0.25, -0.2) is 9.97 Å². The Kier molecular flexibility index (Phi) is 6.29. The van der Waals surface area contributed by atoms with Gasteiger partial charge in [0.15, 0.2) is 0 Å². The third-order valence-electron chi connectivity index (χ3n) is 6.68. The Morgan fingerprint density at radius 2 is 1.03 bits per heavy atom. The monoisotopic (exact) mass is 492 g/mol. The quantitative estimate of drug-likeness (QED) is 0.249. The lowest BCUT2D eigenvalue weighted by atomic mass is 10.2. The van der Waals surface area contributed by atoms with Gasteiger partial charge in [-0.05, 0) is 48.9 Å². The molecule has 0 fully saturated rings. The Morgan fingerprint density at radius 3 is 1.68 bits per heavy atom. The van der Waals surface area contributed by atoms with Crippen LogP contribution in [0.2, 0.25) is 0 Å². The molecule has 38 heavy (non-hydrogen) atoms. The fourth-order valence-electron chi connectivity index (χ4n) is 4.80. The van der Waals surface area contributed by atoms with E-state index in [-0.39, 0.29) is 0 Å². The molecule has 0 spiro atoms. The molecule has 0 aliphatic rings. The van der Waals surface area contributed by atoms with E-state index in [4.69, 9.17) is 4.98 Å². The van der Waals surface area contributed by atoms with Gasteiger partial charge >= 0.3 is 0 Å². The van der Waals surface area contributed by atoms with E-state index >= 15 is 0 Å². The molecule has 0 atom stereocenters. The number of hydrogen-bond acceptors (Lipinski definition) is 2. The fourth-order valence-corrected chi connectivity index (χ4v) is 4.80. The van der Waals surface area contributed by atoms with Crippen LogP contribution in [0, 0.1) is 6.92 Å². The first-order valence-corrected chi connectivity index (χ1v) is 12.8. The number of imidazole rings is 2. The molecule has 7 rings (SSSR count). The summed E-state index contributed by atoms with van der Waals surface area (Å²) in [6.07, 6.45) is 0. The van der Waals surface area contributed by atoms with Crippen molar-refractivity contribution in [3.8, 4) is 28.5 Å². The largest absolute Gasteiger partial charge is 0.327 e.